The van der Waals surface area contributed by atoms with Gasteiger partial charge < -0.3 is 15.4 Å². The number of carbonyl (C=O) groups is 1. The average Bonchev–Trinajstić information content (AvgIpc) is 2.61. The summed E-state index contributed by atoms with van der Waals surface area (Å²) < 4.78 is 7.18. The average molecular weight is 310 g/mol. The van der Waals surface area contributed by atoms with Crippen LogP contribution in [0.25, 0.3) is 0 Å². The van der Waals surface area contributed by atoms with Crippen LogP contribution in [0.4, 0.5) is 4.79 Å². The van der Waals surface area contributed by atoms with Gasteiger partial charge in [0.1, 0.15) is 5.60 Å². The van der Waals surface area contributed by atoms with Crippen molar-refractivity contribution in [2.75, 3.05) is 6.54 Å². The van der Waals surface area contributed by atoms with Gasteiger partial charge in [-0.1, -0.05) is 6.92 Å². The van der Waals surface area contributed by atoms with Crippen LogP contribution in [-0.4, -0.2) is 34.1 Å². The second kappa shape index (κ2) is 7.63. The zero-order valence-electron chi connectivity index (χ0n) is 14.9. The molecule has 1 unspecified atom stereocenters. The predicted octanol–water partition coefficient (Wildman–Crippen LogP) is 2.43. The lowest BCUT2D eigenvalue weighted by molar-refractivity contribution is 0.0502. The Morgan fingerprint density at radius 3 is 2.45 bits per heavy atom. The van der Waals surface area contributed by atoms with Crippen molar-refractivity contribution in [3.63, 3.8) is 0 Å². The Morgan fingerprint density at radius 2 is 2.00 bits per heavy atom. The Bertz CT molecular complexity index is 503. The minimum Gasteiger partial charge on any atom is -0.444 e. The van der Waals surface area contributed by atoms with Crippen molar-refractivity contribution in [1.82, 2.24) is 20.4 Å². The number of aromatic nitrogens is 2. The third-order valence-electron chi connectivity index (χ3n) is 3.57. The van der Waals surface area contributed by atoms with E-state index in [-0.39, 0.29) is 12.1 Å². The number of amides is 1. The normalized spacial score (nSPS) is 13.0. The van der Waals surface area contributed by atoms with Gasteiger partial charge >= 0.3 is 6.09 Å². The molecular formula is C16H30N4O2. The second-order valence-electron chi connectivity index (χ2n) is 6.66. The van der Waals surface area contributed by atoms with Gasteiger partial charge in [-0.2, -0.15) is 5.10 Å². The van der Waals surface area contributed by atoms with Crippen molar-refractivity contribution in [2.24, 2.45) is 7.05 Å². The van der Waals surface area contributed by atoms with Crippen molar-refractivity contribution in [3.8, 4) is 0 Å². The van der Waals surface area contributed by atoms with Crippen molar-refractivity contribution in [2.45, 2.75) is 66.2 Å². The maximum Gasteiger partial charge on any atom is 0.407 e. The molecule has 1 aromatic heterocycles. The van der Waals surface area contributed by atoms with E-state index in [1.54, 1.807) is 0 Å². The Hall–Kier alpha value is -1.56. The fourth-order valence-corrected chi connectivity index (χ4v) is 2.22. The Kier molecular flexibility index (Phi) is 6.41. The van der Waals surface area contributed by atoms with E-state index in [4.69, 9.17) is 4.74 Å². The molecule has 0 aliphatic rings. The van der Waals surface area contributed by atoms with Crippen LogP contribution < -0.4 is 10.6 Å². The third kappa shape index (κ3) is 5.67. The molecule has 6 nitrogen and oxygen atoms in total. The van der Waals surface area contributed by atoms with Crippen LogP contribution in [0, 0.1) is 13.8 Å². The molecule has 0 aliphatic heterocycles. The molecular weight excluding hydrogens is 280 g/mol. The molecule has 22 heavy (non-hydrogen) atoms. The van der Waals surface area contributed by atoms with Gasteiger partial charge in [-0.15, -0.1) is 0 Å². The highest BCUT2D eigenvalue weighted by Gasteiger charge is 2.18. The smallest absolute Gasteiger partial charge is 0.407 e. The molecule has 0 bridgehead atoms. The first kappa shape index (κ1) is 18.5. The lowest BCUT2D eigenvalue weighted by atomic mass is 10.2. The third-order valence-corrected chi connectivity index (χ3v) is 3.57. The van der Waals surface area contributed by atoms with Crippen LogP contribution in [-0.2, 0) is 18.3 Å². The lowest BCUT2D eigenvalue weighted by Crippen LogP contribution is -2.43. The molecule has 1 aromatic rings. The van der Waals surface area contributed by atoms with Crippen LogP contribution in [0.5, 0.6) is 0 Å². The first-order valence-electron chi connectivity index (χ1n) is 7.83. The van der Waals surface area contributed by atoms with E-state index in [0.717, 1.165) is 24.4 Å². The van der Waals surface area contributed by atoms with E-state index < -0.39 is 5.60 Å². The van der Waals surface area contributed by atoms with Gasteiger partial charge in [-0.05, 0) is 41.0 Å². The minimum atomic E-state index is -0.472. The first-order valence-corrected chi connectivity index (χ1v) is 7.83. The molecule has 0 saturated carbocycles. The predicted molar refractivity (Wildman–Crippen MR) is 87.8 cm³/mol. The summed E-state index contributed by atoms with van der Waals surface area (Å²) in [5, 5.41) is 10.7. The highest BCUT2D eigenvalue weighted by molar-refractivity contribution is 5.68. The van der Waals surface area contributed by atoms with Crippen LogP contribution in [0.15, 0.2) is 0 Å². The van der Waals surface area contributed by atoms with E-state index in [1.165, 1.54) is 5.56 Å². The van der Waals surface area contributed by atoms with Crippen molar-refractivity contribution in [3.05, 3.63) is 17.0 Å². The van der Waals surface area contributed by atoms with E-state index >= 15 is 0 Å². The van der Waals surface area contributed by atoms with Gasteiger partial charge in [-0.25, -0.2) is 4.79 Å². The maximum atomic E-state index is 11.8. The molecule has 0 radical (unpaired) electrons. The monoisotopic (exact) mass is 310 g/mol. The number of ether oxygens (including phenoxy) is 1. The highest BCUT2D eigenvalue weighted by Crippen LogP contribution is 2.11. The molecule has 1 amide bonds. The SMILES string of the molecule is CCC(CNCc1c(C)nn(C)c1C)NC(=O)OC(C)(C)C. The summed E-state index contributed by atoms with van der Waals surface area (Å²) in [6, 6.07) is 0.0483. The molecule has 0 aromatic carbocycles. The van der Waals surface area contributed by atoms with E-state index in [1.807, 2.05) is 46.3 Å². The van der Waals surface area contributed by atoms with Gasteiger partial charge in [0.2, 0.25) is 0 Å². The molecule has 6 heteroatoms. The summed E-state index contributed by atoms with van der Waals surface area (Å²) in [4.78, 5) is 11.8. The number of nitrogens with zero attached hydrogens (tertiary/aromatic N) is 2. The molecule has 1 rings (SSSR count). The molecule has 0 saturated heterocycles. The van der Waals surface area contributed by atoms with E-state index in [0.29, 0.717) is 6.54 Å². The van der Waals surface area contributed by atoms with Crippen LogP contribution in [0.1, 0.15) is 51.1 Å². The van der Waals surface area contributed by atoms with Crippen LogP contribution >= 0.6 is 0 Å². The number of alkyl carbamates (subject to hydrolysis) is 1. The minimum absolute atomic E-state index is 0.0483. The lowest BCUT2D eigenvalue weighted by Gasteiger charge is -2.23. The summed E-state index contributed by atoms with van der Waals surface area (Å²) in [5.74, 6) is 0. The van der Waals surface area contributed by atoms with Gasteiger partial charge in [-0.3, -0.25) is 4.68 Å². The summed E-state index contributed by atoms with van der Waals surface area (Å²) in [5.41, 5.74) is 2.95. The molecule has 0 spiro atoms. The number of rotatable bonds is 6. The van der Waals surface area contributed by atoms with Crippen molar-refractivity contribution >= 4 is 6.09 Å². The van der Waals surface area contributed by atoms with Gasteiger partial charge in [0.15, 0.2) is 0 Å². The summed E-state index contributed by atoms with van der Waals surface area (Å²) in [7, 11) is 1.95. The standard InChI is InChI=1S/C16H30N4O2/c1-8-13(18-15(21)22-16(4,5)6)9-17-10-14-11(2)19-20(7)12(14)3/h13,17H,8-10H2,1-7H3,(H,18,21). The molecule has 1 atom stereocenters. The molecule has 0 aliphatic carbocycles. The first-order chi connectivity index (χ1) is 10.1. The highest BCUT2D eigenvalue weighted by atomic mass is 16.6. The summed E-state index contributed by atoms with van der Waals surface area (Å²) in [6.07, 6.45) is 0.479. The van der Waals surface area contributed by atoms with Crippen molar-refractivity contribution < 1.29 is 9.53 Å². The molecule has 126 valence electrons. The fourth-order valence-electron chi connectivity index (χ4n) is 2.22. The largest absolute Gasteiger partial charge is 0.444 e. The quantitative estimate of drug-likeness (QED) is 0.847. The van der Waals surface area contributed by atoms with E-state index in [9.17, 15) is 4.79 Å². The Balaban J connectivity index is 2.46. The zero-order chi connectivity index (χ0) is 16.9. The number of carbonyl (C=O) groups excluding carboxylic acids is 1. The molecule has 1 heterocycles. The zero-order valence-corrected chi connectivity index (χ0v) is 14.9. The van der Waals surface area contributed by atoms with Crippen LogP contribution in [0.3, 0.4) is 0 Å². The topological polar surface area (TPSA) is 68.2 Å². The fraction of sp³-hybridized carbons (Fsp3) is 0.750. The Morgan fingerprint density at radius 1 is 1.36 bits per heavy atom. The second-order valence-corrected chi connectivity index (χ2v) is 6.66. The van der Waals surface area contributed by atoms with Crippen molar-refractivity contribution in [1.29, 1.82) is 0 Å². The molecule has 0 fully saturated rings. The van der Waals surface area contributed by atoms with Gasteiger partial charge in [0.05, 0.1) is 5.69 Å². The number of hydrogen-bond acceptors (Lipinski definition) is 4. The van der Waals surface area contributed by atoms with Gasteiger partial charge in [0, 0.05) is 37.4 Å². The number of aryl methyl sites for hydroxylation is 2. The number of hydrogen-bond donors (Lipinski definition) is 2. The van der Waals surface area contributed by atoms with Crippen LogP contribution in [0.2, 0.25) is 0 Å². The summed E-state index contributed by atoms with van der Waals surface area (Å²) in [6.45, 7) is 13.2. The van der Waals surface area contributed by atoms with Gasteiger partial charge in [0.25, 0.3) is 0 Å². The summed E-state index contributed by atoms with van der Waals surface area (Å²) >= 11 is 0. The molecule has 2 N–H and O–H groups in total. The number of nitrogens with one attached hydrogen (secondary N) is 2. The maximum absolute atomic E-state index is 11.8. The Labute approximate surface area is 133 Å². The van der Waals surface area contributed by atoms with E-state index in [2.05, 4.69) is 22.7 Å².